The van der Waals surface area contributed by atoms with Gasteiger partial charge in [-0.1, -0.05) is 36.4 Å². The first-order chi connectivity index (χ1) is 8.68. The quantitative estimate of drug-likeness (QED) is 0.573. The summed E-state index contributed by atoms with van der Waals surface area (Å²) in [6, 6.07) is 19.4. The van der Waals surface area contributed by atoms with Crippen LogP contribution in [0.15, 0.2) is 70.9 Å². The van der Waals surface area contributed by atoms with Crippen molar-refractivity contribution in [3.63, 3.8) is 0 Å². The van der Waals surface area contributed by atoms with Gasteiger partial charge < -0.3 is 9.79 Å². The Morgan fingerprint density at radius 1 is 0.722 bits per heavy atom. The Morgan fingerprint density at radius 3 is 1.28 bits per heavy atom. The summed E-state index contributed by atoms with van der Waals surface area (Å²) >= 11 is 0. The van der Waals surface area contributed by atoms with Crippen molar-refractivity contribution in [3.05, 3.63) is 60.7 Å². The first kappa shape index (κ1) is 14.4. The van der Waals surface area contributed by atoms with Crippen LogP contribution in [0.2, 0.25) is 0 Å². The first-order valence-corrected chi connectivity index (χ1v) is 6.44. The van der Waals surface area contributed by atoms with Crippen molar-refractivity contribution in [1.82, 2.24) is 0 Å². The molecule has 0 radical (unpaired) electrons. The Morgan fingerprint density at radius 2 is 1.00 bits per heavy atom. The largest absolute Gasteiger partial charge is 0.338 e. The van der Waals surface area contributed by atoms with Gasteiger partial charge in [-0.2, -0.15) is 10.2 Å². The molecule has 5 nitrogen and oxygen atoms in total. The topological polar surface area (TPSA) is 91.2 Å². The lowest BCUT2D eigenvalue weighted by Crippen LogP contribution is -1.78. The van der Waals surface area contributed by atoms with Crippen LogP contribution in [0.1, 0.15) is 0 Å². The van der Waals surface area contributed by atoms with E-state index >= 15 is 0 Å². The minimum atomic E-state index is -2.12. The maximum Gasteiger partial charge on any atom is 0.247 e. The molecule has 0 atom stereocenters. The smallest absolute Gasteiger partial charge is 0.247 e. The summed E-state index contributed by atoms with van der Waals surface area (Å²) in [4.78, 5) is 14.9. The summed E-state index contributed by atoms with van der Waals surface area (Å²) in [5.41, 5.74) is 6.03. The van der Waals surface area contributed by atoms with Gasteiger partial charge in [0.25, 0.3) is 0 Å². The molecule has 0 bridgehead atoms. The van der Waals surface area contributed by atoms with Crippen LogP contribution in [0.25, 0.3) is 0 Å². The summed E-state index contributed by atoms with van der Waals surface area (Å²) in [6.45, 7) is 0. The van der Waals surface area contributed by atoms with Gasteiger partial charge in [0.05, 0.1) is 11.4 Å². The van der Waals surface area contributed by atoms with Crippen LogP contribution < -0.4 is 5.50 Å². The number of hydrogen-bond donors (Lipinski definition) is 3. The fraction of sp³-hybridized carbons (Fsp3) is 0. The maximum absolute atomic E-state index is 7.45. The molecule has 0 aliphatic heterocycles. The normalized spacial score (nSPS) is 10.2. The second-order valence-corrected chi connectivity index (χ2v) is 3.83. The fourth-order valence-electron chi connectivity index (χ4n) is 1.10. The summed E-state index contributed by atoms with van der Waals surface area (Å²) in [5, 5.41) is 8.20. The second-order valence-electron chi connectivity index (χ2n) is 3.19. The highest BCUT2D eigenvalue weighted by atomic mass is 31.2. The number of rotatable bonds is 2. The molecule has 0 aliphatic rings. The molecule has 0 saturated carbocycles. The van der Waals surface area contributed by atoms with E-state index in [0.29, 0.717) is 0 Å². The molecule has 18 heavy (non-hydrogen) atoms. The van der Waals surface area contributed by atoms with E-state index in [1.807, 2.05) is 60.7 Å². The molecule has 94 valence electrons. The summed E-state index contributed by atoms with van der Waals surface area (Å²) in [5.74, 6) is 0. The van der Waals surface area contributed by atoms with E-state index in [1.165, 1.54) is 0 Å². The van der Waals surface area contributed by atoms with Gasteiger partial charge >= 0.3 is 0 Å². The van der Waals surface area contributed by atoms with Gasteiger partial charge in [0.2, 0.25) is 8.53 Å². The molecule has 0 fully saturated rings. The third-order valence-electron chi connectivity index (χ3n) is 1.79. The van der Waals surface area contributed by atoms with Gasteiger partial charge in [0.1, 0.15) is 0 Å². The summed E-state index contributed by atoms with van der Waals surface area (Å²) < 4.78 is 0. The number of nitrogens with zero attached hydrogens (tertiary/aromatic N) is 2. The fourth-order valence-corrected chi connectivity index (χ4v) is 1.10. The van der Waals surface area contributed by atoms with Crippen LogP contribution >= 0.6 is 8.53 Å². The number of azo groups is 1. The number of nitrogens with two attached hydrogens (primary N) is 1. The van der Waals surface area contributed by atoms with Crippen molar-refractivity contribution in [1.29, 1.82) is 0 Å². The SMILES string of the molecule is NP(O)O.c1ccc(/N=N/c2ccccc2)cc1. The van der Waals surface area contributed by atoms with Crippen molar-refractivity contribution in [2.75, 3.05) is 0 Å². The van der Waals surface area contributed by atoms with Crippen molar-refractivity contribution in [2.24, 2.45) is 15.7 Å². The van der Waals surface area contributed by atoms with Gasteiger partial charge in [-0.3, -0.25) is 5.50 Å². The van der Waals surface area contributed by atoms with Crippen LogP contribution in [0.3, 0.4) is 0 Å². The molecule has 2 rings (SSSR count). The molecule has 6 heteroatoms. The molecule has 0 aromatic heterocycles. The van der Waals surface area contributed by atoms with Gasteiger partial charge in [-0.25, -0.2) is 0 Å². The van der Waals surface area contributed by atoms with Gasteiger partial charge in [-0.05, 0) is 24.3 Å². The highest BCUT2D eigenvalue weighted by Crippen LogP contribution is 2.16. The molecule has 0 amide bonds. The molecule has 4 N–H and O–H groups in total. The second kappa shape index (κ2) is 8.44. The Hall–Kier alpha value is -1.65. The Kier molecular flexibility index (Phi) is 6.76. The molecule has 2 aromatic carbocycles. The Balaban J connectivity index is 0.000000357. The van der Waals surface area contributed by atoms with Crippen molar-refractivity contribution in [3.8, 4) is 0 Å². The third-order valence-corrected chi connectivity index (χ3v) is 1.79. The van der Waals surface area contributed by atoms with Crippen LogP contribution in [0, 0.1) is 0 Å². The maximum atomic E-state index is 7.45. The van der Waals surface area contributed by atoms with Crippen molar-refractivity contribution < 1.29 is 9.79 Å². The van der Waals surface area contributed by atoms with E-state index < -0.39 is 8.53 Å². The van der Waals surface area contributed by atoms with Gasteiger partial charge in [0.15, 0.2) is 0 Å². The van der Waals surface area contributed by atoms with Crippen LogP contribution in [0.4, 0.5) is 11.4 Å². The van der Waals surface area contributed by atoms with E-state index in [2.05, 4.69) is 15.7 Å². The summed E-state index contributed by atoms with van der Waals surface area (Å²) in [7, 11) is -2.12. The van der Waals surface area contributed by atoms with E-state index in [9.17, 15) is 0 Å². The minimum absolute atomic E-state index is 0.872. The Bertz CT molecular complexity index is 419. The van der Waals surface area contributed by atoms with Crippen LogP contribution in [-0.2, 0) is 0 Å². The molecule has 0 aliphatic carbocycles. The number of hydrogen-bond acceptors (Lipinski definition) is 5. The standard InChI is InChI=1S/C12H10N2.H4NO2P/c1-3-7-11(8-4-1)13-14-12-9-5-2-6-10-12;1-4(2)3/h1-10H;2-3H,1H2/b14-13+;. The van der Waals surface area contributed by atoms with Gasteiger partial charge in [-0.15, -0.1) is 0 Å². The first-order valence-electron chi connectivity index (χ1n) is 5.13. The zero-order valence-electron chi connectivity index (χ0n) is 9.59. The lowest BCUT2D eigenvalue weighted by Gasteiger charge is -1.91. The van der Waals surface area contributed by atoms with E-state index in [1.54, 1.807) is 0 Å². The third kappa shape index (κ3) is 6.83. The van der Waals surface area contributed by atoms with Crippen molar-refractivity contribution >= 4 is 19.9 Å². The predicted molar refractivity (Wildman–Crippen MR) is 72.6 cm³/mol. The molecule has 0 saturated heterocycles. The number of benzene rings is 2. The molecule has 0 unspecified atom stereocenters. The minimum Gasteiger partial charge on any atom is -0.338 e. The zero-order chi connectivity index (χ0) is 13.2. The van der Waals surface area contributed by atoms with Gasteiger partial charge in [0, 0.05) is 0 Å². The highest BCUT2D eigenvalue weighted by Gasteiger charge is 1.86. The van der Waals surface area contributed by atoms with E-state index in [0.717, 1.165) is 11.4 Å². The van der Waals surface area contributed by atoms with Crippen LogP contribution in [0.5, 0.6) is 0 Å². The highest BCUT2D eigenvalue weighted by molar-refractivity contribution is 7.42. The Labute approximate surface area is 107 Å². The average Bonchev–Trinajstić information content (AvgIpc) is 2.38. The monoisotopic (exact) mass is 263 g/mol. The molecule has 0 spiro atoms. The van der Waals surface area contributed by atoms with E-state index in [4.69, 9.17) is 9.79 Å². The molecular weight excluding hydrogens is 249 g/mol. The van der Waals surface area contributed by atoms with E-state index in [-0.39, 0.29) is 0 Å². The predicted octanol–water partition coefficient (Wildman–Crippen LogP) is 3.26. The lowest BCUT2D eigenvalue weighted by molar-refractivity contribution is 0.485. The van der Waals surface area contributed by atoms with Crippen LogP contribution in [-0.4, -0.2) is 9.79 Å². The molecule has 2 aromatic rings. The summed E-state index contributed by atoms with van der Waals surface area (Å²) in [6.07, 6.45) is 0. The zero-order valence-corrected chi connectivity index (χ0v) is 10.5. The average molecular weight is 263 g/mol. The van der Waals surface area contributed by atoms with Crippen molar-refractivity contribution in [2.45, 2.75) is 0 Å². The lowest BCUT2D eigenvalue weighted by atomic mass is 10.3. The molecular formula is C12H14N3O2P. The molecule has 0 heterocycles.